The fourth-order valence-electron chi connectivity index (χ4n) is 4.75. The van der Waals surface area contributed by atoms with Crippen molar-refractivity contribution in [3.8, 4) is 5.69 Å². The molecule has 0 saturated heterocycles. The highest BCUT2D eigenvalue weighted by molar-refractivity contribution is 7.99. The standard InChI is InChI=1S/C28H21ClN2O2S2/c29-19-14-12-18(13-15-19)23(32)16-34-28-30-26-25(21-9-3-4-11-24(21)35-26)27(33)31(28)22-10-5-7-17-6-1-2-8-20(17)22/h1-2,5-8,10,12-15H,3-4,9,11,16H2. The molecule has 174 valence electrons. The molecule has 35 heavy (non-hydrogen) atoms. The Kier molecular flexibility index (Phi) is 5.96. The number of rotatable bonds is 5. The van der Waals surface area contributed by atoms with E-state index in [0.29, 0.717) is 15.7 Å². The van der Waals surface area contributed by atoms with Crippen molar-refractivity contribution in [1.82, 2.24) is 9.55 Å². The van der Waals surface area contributed by atoms with Crippen LogP contribution in [0, 0.1) is 0 Å². The Hall–Kier alpha value is -2.93. The highest BCUT2D eigenvalue weighted by atomic mass is 35.5. The van der Waals surface area contributed by atoms with E-state index in [1.165, 1.54) is 16.6 Å². The van der Waals surface area contributed by atoms with Crippen LogP contribution in [0.4, 0.5) is 0 Å². The smallest absolute Gasteiger partial charge is 0.267 e. The van der Waals surface area contributed by atoms with Crippen LogP contribution < -0.4 is 5.56 Å². The summed E-state index contributed by atoms with van der Waals surface area (Å²) in [6.45, 7) is 0. The van der Waals surface area contributed by atoms with E-state index in [-0.39, 0.29) is 17.1 Å². The van der Waals surface area contributed by atoms with Crippen LogP contribution in [0.15, 0.2) is 76.7 Å². The Labute approximate surface area is 215 Å². The number of carbonyl (C=O) groups is 1. The van der Waals surface area contributed by atoms with E-state index in [2.05, 4.69) is 0 Å². The molecule has 0 amide bonds. The van der Waals surface area contributed by atoms with Crippen LogP contribution >= 0.6 is 34.7 Å². The van der Waals surface area contributed by atoms with Gasteiger partial charge in [-0.1, -0.05) is 59.8 Å². The van der Waals surface area contributed by atoms with E-state index in [1.807, 2.05) is 42.5 Å². The first-order chi connectivity index (χ1) is 17.1. The van der Waals surface area contributed by atoms with Gasteiger partial charge in [-0.2, -0.15) is 0 Å². The van der Waals surface area contributed by atoms with Crippen LogP contribution in [0.25, 0.3) is 26.7 Å². The van der Waals surface area contributed by atoms with Gasteiger partial charge >= 0.3 is 0 Å². The summed E-state index contributed by atoms with van der Waals surface area (Å²) in [6.07, 6.45) is 4.16. The van der Waals surface area contributed by atoms with Gasteiger partial charge in [-0.3, -0.25) is 14.2 Å². The molecule has 2 heterocycles. The number of aromatic nitrogens is 2. The Morgan fingerprint density at radius 2 is 1.77 bits per heavy atom. The number of halogens is 1. The number of ketones is 1. The lowest BCUT2D eigenvalue weighted by Gasteiger charge is -2.15. The zero-order valence-electron chi connectivity index (χ0n) is 18.8. The highest BCUT2D eigenvalue weighted by Crippen LogP contribution is 2.36. The molecular weight excluding hydrogens is 496 g/mol. The fraction of sp³-hybridized carbons (Fsp3) is 0.179. The summed E-state index contributed by atoms with van der Waals surface area (Å²) in [7, 11) is 0. The number of nitrogens with zero attached hydrogens (tertiary/aromatic N) is 2. The molecule has 5 aromatic rings. The van der Waals surface area contributed by atoms with Gasteiger partial charge in [0.2, 0.25) is 0 Å². The number of hydrogen-bond acceptors (Lipinski definition) is 5. The molecular formula is C28H21ClN2O2S2. The van der Waals surface area contributed by atoms with E-state index in [9.17, 15) is 9.59 Å². The summed E-state index contributed by atoms with van der Waals surface area (Å²) in [4.78, 5) is 34.0. The third kappa shape index (κ3) is 4.10. The molecule has 6 rings (SSSR count). The van der Waals surface area contributed by atoms with Gasteiger partial charge in [0.1, 0.15) is 4.83 Å². The minimum Gasteiger partial charge on any atom is -0.293 e. The molecule has 0 atom stereocenters. The first-order valence-corrected chi connectivity index (χ1v) is 13.7. The molecule has 1 aliphatic rings. The van der Waals surface area contributed by atoms with Crippen molar-refractivity contribution in [1.29, 1.82) is 0 Å². The zero-order valence-corrected chi connectivity index (χ0v) is 21.2. The van der Waals surface area contributed by atoms with Crippen LogP contribution in [0.2, 0.25) is 5.02 Å². The fourth-order valence-corrected chi connectivity index (χ4v) is 7.08. The molecule has 3 aromatic carbocycles. The summed E-state index contributed by atoms with van der Waals surface area (Å²) in [6, 6.07) is 20.9. The topological polar surface area (TPSA) is 52.0 Å². The van der Waals surface area contributed by atoms with Crippen LogP contribution in [0.5, 0.6) is 0 Å². The Morgan fingerprint density at radius 3 is 2.63 bits per heavy atom. The lowest BCUT2D eigenvalue weighted by Crippen LogP contribution is -2.23. The van der Waals surface area contributed by atoms with Gasteiger partial charge in [0.15, 0.2) is 10.9 Å². The molecule has 1 aliphatic carbocycles. The van der Waals surface area contributed by atoms with E-state index < -0.39 is 0 Å². The summed E-state index contributed by atoms with van der Waals surface area (Å²) >= 11 is 8.92. The van der Waals surface area contributed by atoms with Gasteiger partial charge in [-0.05, 0) is 67.0 Å². The van der Waals surface area contributed by atoms with Gasteiger partial charge < -0.3 is 0 Å². The molecule has 0 N–H and O–H groups in total. The number of carbonyl (C=O) groups excluding carboxylic acids is 1. The maximum absolute atomic E-state index is 14.1. The third-order valence-corrected chi connectivity index (χ3v) is 8.84. The molecule has 0 fully saturated rings. The minimum atomic E-state index is -0.0489. The molecule has 2 aromatic heterocycles. The van der Waals surface area contributed by atoms with Crippen LogP contribution in [-0.2, 0) is 12.8 Å². The summed E-state index contributed by atoms with van der Waals surface area (Å²) in [5, 5.41) is 3.91. The Bertz CT molecular complexity index is 1650. The quantitative estimate of drug-likeness (QED) is 0.142. The van der Waals surface area contributed by atoms with Crippen molar-refractivity contribution in [2.24, 2.45) is 0 Å². The number of thiophene rings is 1. The molecule has 0 spiro atoms. The maximum atomic E-state index is 14.1. The van der Waals surface area contributed by atoms with Gasteiger partial charge in [0.05, 0.1) is 16.8 Å². The van der Waals surface area contributed by atoms with E-state index >= 15 is 0 Å². The molecule has 0 bridgehead atoms. The number of Topliss-reactive ketones (excluding diaryl/α,β-unsaturated/α-hetero) is 1. The molecule has 0 saturated carbocycles. The first kappa shape index (κ1) is 22.5. The number of benzene rings is 3. The predicted molar refractivity (Wildman–Crippen MR) is 146 cm³/mol. The number of thioether (sulfide) groups is 1. The number of fused-ring (bicyclic) bond motifs is 4. The monoisotopic (exact) mass is 516 g/mol. The number of aryl methyl sites for hydroxylation is 2. The summed E-state index contributed by atoms with van der Waals surface area (Å²) in [5.74, 6) is 0.145. The van der Waals surface area contributed by atoms with Gasteiger partial charge in [0.25, 0.3) is 5.56 Å². The van der Waals surface area contributed by atoms with Gasteiger partial charge in [-0.15, -0.1) is 11.3 Å². The van der Waals surface area contributed by atoms with Crippen molar-refractivity contribution in [2.75, 3.05) is 5.75 Å². The van der Waals surface area contributed by atoms with Gasteiger partial charge in [0, 0.05) is 20.8 Å². The first-order valence-electron chi connectivity index (χ1n) is 11.6. The third-order valence-electron chi connectivity index (χ3n) is 6.46. The van der Waals surface area contributed by atoms with Crippen molar-refractivity contribution >= 4 is 61.5 Å². The summed E-state index contributed by atoms with van der Waals surface area (Å²) < 4.78 is 1.71. The van der Waals surface area contributed by atoms with Crippen molar-refractivity contribution in [3.63, 3.8) is 0 Å². The average molecular weight is 517 g/mol. The van der Waals surface area contributed by atoms with Crippen LogP contribution in [0.3, 0.4) is 0 Å². The zero-order chi connectivity index (χ0) is 23.9. The second-order valence-corrected chi connectivity index (χ2v) is 11.1. The van der Waals surface area contributed by atoms with Crippen LogP contribution in [-0.4, -0.2) is 21.1 Å². The molecule has 7 heteroatoms. The molecule has 0 aliphatic heterocycles. The average Bonchev–Trinajstić information content (AvgIpc) is 3.26. The van der Waals surface area contributed by atoms with E-state index in [1.54, 1.807) is 40.2 Å². The van der Waals surface area contributed by atoms with Crippen molar-refractivity contribution in [2.45, 2.75) is 30.8 Å². The highest BCUT2D eigenvalue weighted by Gasteiger charge is 2.24. The normalized spacial score (nSPS) is 13.3. The number of hydrogen-bond donors (Lipinski definition) is 0. The van der Waals surface area contributed by atoms with E-state index in [0.717, 1.165) is 57.9 Å². The Morgan fingerprint density at radius 1 is 1.00 bits per heavy atom. The minimum absolute atomic E-state index is 0.0315. The largest absolute Gasteiger partial charge is 0.293 e. The van der Waals surface area contributed by atoms with Gasteiger partial charge in [-0.25, -0.2) is 4.98 Å². The van der Waals surface area contributed by atoms with Crippen molar-refractivity contribution in [3.05, 3.63) is 98.1 Å². The summed E-state index contributed by atoms with van der Waals surface area (Å²) in [5.41, 5.74) is 2.50. The maximum Gasteiger partial charge on any atom is 0.267 e. The lowest BCUT2D eigenvalue weighted by molar-refractivity contribution is 0.102. The molecule has 0 unspecified atom stereocenters. The second-order valence-electron chi connectivity index (χ2n) is 8.64. The Balaban J connectivity index is 1.52. The lowest BCUT2D eigenvalue weighted by atomic mass is 9.97. The predicted octanol–water partition coefficient (Wildman–Crippen LogP) is 7.11. The molecule has 4 nitrogen and oxygen atoms in total. The molecule has 0 radical (unpaired) electrons. The second kappa shape index (κ2) is 9.26. The SMILES string of the molecule is O=C(CSc1nc2sc3c(c2c(=O)n1-c1cccc2ccccc12)CCCC3)c1ccc(Cl)cc1. The van der Waals surface area contributed by atoms with E-state index in [4.69, 9.17) is 16.6 Å². The van der Waals surface area contributed by atoms with Crippen LogP contribution in [0.1, 0.15) is 33.6 Å². The van der Waals surface area contributed by atoms with Crippen molar-refractivity contribution < 1.29 is 4.79 Å².